The molecule has 0 bridgehead atoms. The van der Waals surface area contributed by atoms with Gasteiger partial charge in [0.05, 0.1) is 16.9 Å². The standard InChI is InChI=1S/C16H19F3N6/c1-10-21-14-15(2,24-7-5-20-6-8-24)22-12-4-3-11(16(17,18)19)9-13(12)25(14)23-10/h3-4,9,20,22H,5-8H2,1-2H3. The fraction of sp³-hybridized carbons (Fsp3) is 0.500. The fourth-order valence-corrected chi connectivity index (χ4v) is 3.54. The van der Waals surface area contributed by atoms with Crippen LogP contribution in [-0.2, 0) is 11.8 Å². The highest BCUT2D eigenvalue weighted by atomic mass is 19.4. The predicted molar refractivity (Wildman–Crippen MR) is 86.5 cm³/mol. The molecule has 1 unspecified atom stereocenters. The van der Waals surface area contributed by atoms with Crippen LogP contribution in [0, 0.1) is 6.92 Å². The van der Waals surface area contributed by atoms with Crippen LogP contribution in [0.15, 0.2) is 18.2 Å². The van der Waals surface area contributed by atoms with Crippen molar-refractivity contribution in [1.82, 2.24) is 25.0 Å². The Morgan fingerprint density at radius 1 is 1.20 bits per heavy atom. The van der Waals surface area contributed by atoms with E-state index in [1.165, 1.54) is 6.07 Å². The molecule has 0 saturated carbocycles. The van der Waals surface area contributed by atoms with Gasteiger partial charge in [-0.3, -0.25) is 4.90 Å². The quantitative estimate of drug-likeness (QED) is 0.823. The van der Waals surface area contributed by atoms with Crippen molar-refractivity contribution >= 4 is 5.69 Å². The Balaban J connectivity index is 1.85. The maximum atomic E-state index is 13.1. The molecule has 0 aliphatic carbocycles. The Morgan fingerprint density at radius 3 is 2.60 bits per heavy atom. The predicted octanol–water partition coefficient (Wildman–Crippen LogP) is 2.10. The average Bonchev–Trinajstić information content (AvgIpc) is 2.97. The number of benzene rings is 1. The first kappa shape index (κ1) is 16.3. The van der Waals surface area contributed by atoms with E-state index < -0.39 is 17.4 Å². The van der Waals surface area contributed by atoms with Crippen molar-refractivity contribution in [3.8, 4) is 5.69 Å². The summed E-state index contributed by atoms with van der Waals surface area (Å²) >= 11 is 0. The first-order valence-corrected chi connectivity index (χ1v) is 8.19. The third kappa shape index (κ3) is 2.58. The van der Waals surface area contributed by atoms with Gasteiger partial charge in [0.25, 0.3) is 0 Å². The minimum Gasteiger partial charge on any atom is -0.359 e. The fourth-order valence-electron chi connectivity index (χ4n) is 3.54. The van der Waals surface area contributed by atoms with Crippen LogP contribution in [0.2, 0.25) is 0 Å². The largest absolute Gasteiger partial charge is 0.416 e. The molecule has 1 saturated heterocycles. The number of halogens is 3. The minimum absolute atomic E-state index is 0.373. The minimum atomic E-state index is -4.40. The van der Waals surface area contributed by atoms with E-state index in [9.17, 15) is 13.2 Å². The van der Waals surface area contributed by atoms with Crippen LogP contribution in [0.5, 0.6) is 0 Å². The van der Waals surface area contributed by atoms with Crippen molar-refractivity contribution in [2.24, 2.45) is 0 Å². The summed E-state index contributed by atoms with van der Waals surface area (Å²) in [5.41, 5.74) is -0.335. The molecule has 1 aromatic carbocycles. The zero-order chi connectivity index (χ0) is 17.8. The Labute approximate surface area is 143 Å². The molecule has 134 valence electrons. The van der Waals surface area contributed by atoms with E-state index in [0.29, 0.717) is 23.0 Å². The van der Waals surface area contributed by atoms with Crippen LogP contribution in [0.1, 0.15) is 24.1 Å². The van der Waals surface area contributed by atoms with E-state index in [-0.39, 0.29) is 0 Å². The lowest BCUT2D eigenvalue weighted by Crippen LogP contribution is -2.58. The van der Waals surface area contributed by atoms with E-state index in [1.807, 2.05) is 6.92 Å². The lowest BCUT2D eigenvalue weighted by molar-refractivity contribution is -0.137. The van der Waals surface area contributed by atoms with Gasteiger partial charge in [-0.15, -0.1) is 0 Å². The lowest BCUT2D eigenvalue weighted by Gasteiger charge is -2.46. The van der Waals surface area contributed by atoms with Gasteiger partial charge < -0.3 is 10.6 Å². The van der Waals surface area contributed by atoms with Gasteiger partial charge in [0, 0.05) is 26.2 Å². The van der Waals surface area contributed by atoms with Gasteiger partial charge in [-0.05, 0) is 32.0 Å². The Kier molecular flexibility index (Phi) is 3.55. The Morgan fingerprint density at radius 2 is 1.92 bits per heavy atom. The monoisotopic (exact) mass is 352 g/mol. The number of alkyl halides is 3. The Hall–Kier alpha value is -2.13. The van der Waals surface area contributed by atoms with Crippen molar-refractivity contribution in [2.45, 2.75) is 25.7 Å². The van der Waals surface area contributed by atoms with Gasteiger partial charge in [0.15, 0.2) is 5.82 Å². The molecule has 3 heterocycles. The number of rotatable bonds is 1. The molecule has 1 aromatic heterocycles. The number of hydrogen-bond acceptors (Lipinski definition) is 5. The molecule has 0 amide bonds. The number of hydrogen-bond donors (Lipinski definition) is 2. The van der Waals surface area contributed by atoms with Gasteiger partial charge in [0.1, 0.15) is 11.5 Å². The smallest absolute Gasteiger partial charge is 0.359 e. The molecule has 2 aliphatic rings. The van der Waals surface area contributed by atoms with E-state index in [2.05, 4.69) is 25.6 Å². The highest BCUT2D eigenvalue weighted by Gasteiger charge is 2.43. The third-order valence-corrected chi connectivity index (χ3v) is 4.83. The summed E-state index contributed by atoms with van der Waals surface area (Å²) in [5.74, 6) is 1.14. The molecule has 2 aliphatic heterocycles. The van der Waals surface area contributed by atoms with Gasteiger partial charge in [-0.2, -0.15) is 18.3 Å². The summed E-state index contributed by atoms with van der Waals surface area (Å²) in [6.45, 7) is 7.07. The van der Waals surface area contributed by atoms with E-state index >= 15 is 0 Å². The molecule has 6 nitrogen and oxygen atoms in total. The number of anilines is 1. The normalized spacial score (nSPS) is 23.7. The maximum Gasteiger partial charge on any atom is 0.416 e. The number of nitrogens with one attached hydrogen (secondary N) is 2. The summed E-state index contributed by atoms with van der Waals surface area (Å²) < 4.78 is 40.8. The zero-order valence-corrected chi connectivity index (χ0v) is 14.0. The van der Waals surface area contributed by atoms with Gasteiger partial charge in [-0.25, -0.2) is 9.67 Å². The van der Waals surface area contributed by atoms with Crippen molar-refractivity contribution in [1.29, 1.82) is 0 Å². The lowest BCUT2D eigenvalue weighted by atomic mass is 10.0. The number of aromatic nitrogens is 3. The number of fused-ring (bicyclic) bond motifs is 3. The van der Waals surface area contributed by atoms with Gasteiger partial charge in [0.2, 0.25) is 0 Å². The van der Waals surface area contributed by atoms with Crippen molar-refractivity contribution in [3.63, 3.8) is 0 Å². The summed E-state index contributed by atoms with van der Waals surface area (Å²) in [4.78, 5) is 6.76. The average molecular weight is 352 g/mol. The van der Waals surface area contributed by atoms with Crippen molar-refractivity contribution in [3.05, 3.63) is 35.4 Å². The van der Waals surface area contributed by atoms with Gasteiger partial charge in [-0.1, -0.05) is 0 Å². The second-order valence-electron chi connectivity index (χ2n) is 6.56. The second kappa shape index (κ2) is 5.43. The van der Waals surface area contributed by atoms with E-state index in [0.717, 1.165) is 38.3 Å². The molecule has 1 fully saturated rings. The van der Waals surface area contributed by atoms with E-state index in [4.69, 9.17) is 0 Å². The highest BCUT2D eigenvalue weighted by Crippen LogP contribution is 2.40. The zero-order valence-electron chi connectivity index (χ0n) is 14.0. The van der Waals surface area contributed by atoms with Crippen LogP contribution < -0.4 is 10.6 Å². The van der Waals surface area contributed by atoms with Crippen molar-refractivity contribution in [2.75, 3.05) is 31.5 Å². The second-order valence-corrected chi connectivity index (χ2v) is 6.56. The number of nitrogens with zero attached hydrogens (tertiary/aromatic N) is 4. The molecule has 9 heteroatoms. The van der Waals surface area contributed by atoms with Crippen LogP contribution >= 0.6 is 0 Å². The molecule has 0 spiro atoms. The molecule has 0 radical (unpaired) electrons. The first-order chi connectivity index (χ1) is 11.8. The first-order valence-electron chi connectivity index (χ1n) is 8.19. The van der Waals surface area contributed by atoms with Gasteiger partial charge >= 0.3 is 6.18 Å². The number of piperazine rings is 1. The molecular formula is C16H19F3N6. The molecule has 25 heavy (non-hydrogen) atoms. The van der Waals surface area contributed by atoms with E-state index in [1.54, 1.807) is 11.6 Å². The highest BCUT2D eigenvalue weighted by molar-refractivity contribution is 5.66. The molecule has 4 rings (SSSR count). The summed E-state index contributed by atoms with van der Waals surface area (Å²) in [5, 5.41) is 11.1. The SMILES string of the molecule is Cc1nc2n(n1)-c1cc(C(F)(F)F)ccc1NC2(C)N1CCNCC1. The molecule has 2 N–H and O–H groups in total. The molecule has 2 aromatic rings. The summed E-state index contributed by atoms with van der Waals surface area (Å²) in [6.07, 6.45) is -4.40. The summed E-state index contributed by atoms with van der Waals surface area (Å²) in [7, 11) is 0. The van der Waals surface area contributed by atoms with Crippen LogP contribution in [-0.4, -0.2) is 45.8 Å². The molecular weight excluding hydrogens is 333 g/mol. The number of aryl methyl sites for hydroxylation is 1. The van der Waals surface area contributed by atoms with Crippen LogP contribution in [0.4, 0.5) is 18.9 Å². The molecule has 1 atom stereocenters. The van der Waals surface area contributed by atoms with Crippen molar-refractivity contribution < 1.29 is 13.2 Å². The van der Waals surface area contributed by atoms with Crippen LogP contribution in [0.3, 0.4) is 0 Å². The van der Waals surface area contributed by atoms with Crippen LogP contribution in [0.25, 0.3) is 5.69 Å². The summed E-state index contributed by atoms with van der Waals surface area (Å²) in [6, 6.07) is 3.69. The Bertz CT molecular complexity index is 809. The third-order valence-electron chi connectivity index (χ3n) is 4.83. The topological polar surface area (TPSA) is 58.0 Å². The maximum absolute atomic E-state index is 13.1.